The first kappa shape index (κ1) is 21.8. The Morgan fingerprint density at radius 2 is 2.00 bits per heavy atom. The maximum absolute atomic E-state index is 13.9. The minimum atomic E-state index is -0.667. The van der Waals surface area contributed by atoms with E-state index >= 15 is 0 Å². The standard InChI is InChI=1S/C24H25F2N7O2/c25-16-4-6-19(18(26)10-16)35-14-15-3-5-17-13-32(8-7-31(17)12-15)22-11-21(27)33-24(28-22)29-23(30-33)20-2-1-9-34-20/h1-2,4,6,9-11,15,17H,3,5,7-8,12-14,27H2. The van der Waals surface area contributed by atoms with Crippen LogP contribution in [-0.4, -0.2) is 63.3 Å². The first-order valence-corrected chi connectivity index (χ1v) is 11.7. The Kier molecular flexibility index (Phi) is 5.48. The van der Waals surface area contributed by atoms with Crippen LogP contribution >= 0.6 is 0 Å². The van der Waals surface area contributed by atoms with E-state index in [1.165, 1.54) is 16.6 Å². The molecule has 0 bridgehead atoms. The molecular formula is C24H25F2N7O2. The summed E-state index contributed by atoms with van der Waals surface area (Å²) in [4.78, 5) is 13.9. The third-order valence-corrected chi connectivity index (χ3v) is 6.77. The number of nitrogens with two attached hydrogens (primary N) is 1. The molecule has 2 atom stereocenters. The van der Waals surface area contributed by atoms with Crippen molar-refractivity contribution in [3.63, 3.8) is 0 Å². The van der Waals surface area contributed by atoms with E-state index in [2.05, 4.69) is 19.9 Å². The lowest BCUT2D eigenvalue weighted by Gasteiger charge is -2.46. The smallest absolute Gasteiger partial charge is 0.256 e. The summed E-state index contributed by atoms with van der Waals surface area (Å²) in [7, 11) is 0. The monoisotopic (exact) mass is 481 g/mol. The van der Waals surface area contributed by atoms with Gasteiger partial charge in [-0.1, -0.05) is 0 Å². The van der Waals surface area contributed by atoms with Gasteiger partial charge in [0.25, 0.3) is 5.78 Å². The number of ether oxygens (including phenoxy) is 1. The average Bonchev–Trinajstić information content (AvgIpc) is 3.53. The first-order chi connectivity index (χ1) is 17.0. The Hall–Kier alpha value is -3.73. The molecule has 3 aromatic heterocycles. The van der Waals surface area contributed by atoms with E-state index in [0.717, 1.165) is 50.9 Å². The molecule has 35 heavy (non-hydrogen) atoms. The molecule has 2 aliphatic rings. The summed E-state index contributed by atoms with van der Waals surface area (Å²) in [6.45, 7) is 3.81. The summed E-state index contributed by atoms with van der Waals surface area (Å²) < 4.78 is 39.5. The Balaban J connectivity index is 1.10. The van der Waals surface area contributed by atoms with Gasteiger partial charge in [-0.05, 0) is 37.1 Å². The van der Waals surface area contributed by atoms with Gasteiger partial charge < -0.3 is 19.8 Å². The second kappa shape index (κ2) is 8.81. The molecule has 0 spiro atoms. The van der Waals surface area contributed by atoms with Crippen molar-refractivity contribution in [1.82, 2.24) is 24.5 Å². The Morgan fingerprint density at radius 3 is 2.83 bits per heavy atom. The van der Waals surface area contributed by atoms with Gasteiger partial charge in [0, 0.05) is 50.3 Å². The molecule has 6 rings (SSSR count). The molecule has 4 aromatic rings. The molecule has 2 aliphatic heterocycles. The zero-order chi connectivity index (χ0) is 23.9. The summed E-state index contributed by atoms with van der Waals surface area (Å²) in [6, 6.07) is 9.20. The summed E-state index contributed by atoms with van der Waals surface area (Å²) in [5.41, 5.74) is 6.27. The number of benzene rings is 1. The number of rotatable bonds is 5. The molecule has 2 saturated heterocycles. The van der Waals surface area contributed by atoms with Gasteiger partial charge in [-0.15, -0.1) is 5.10 Å². The van der Waals surface area contributed by atoms with Crippen molar-refractivity contribution in [2.24, 2.45) is 5.92 Å². The van der Waals surface area contributed by atoms with Crippen LogP contribution < -0.4 is 15.4 Å². The van der Waals surface area contributed by atoms with Gasteiger partial charge in [0.1, 0.15) is 17.5 Å². The fourth-order valence-electron chi connectivity index (χ4n) is 4.95. The van der Waals surface area contributed by atoms with E-state index in [4.69, 9.17) is 19.9 Å². The number of anilines is 2. The number of aromatic nitrogens is 4. The fraction of sp³-hybridized carbons (Fsp3) is 0.375. The molecule has 0 radical (unpaired) electrons. The Bertz CT molecular complexity index is 1340. The van der Waals surface area contributed by atoms with Crippen molar-refractivity contribution in [2.45, 2.75) is 18.9 Å². The van der Waals surface area contributed by atoms with E-state index in [1.54, 1.807) is 18.4 Å². The third kappa shape index (κ3) is 4.27. The van der Waals surface area contributed by atoms with Gasteiger partial charge in [0.05, 0.1) is 12.9 Å². The number of hydrogen-bond donors (Lipinski definition) is 1. The third-order valence-electron chi connectivity index (χ3n) is 6.77. The van der Waals surface area contributed by atoms with Crippen molar-refractivity contribution in [1.29, 1.82) is 0 Å². The Morgan fingerprint density at radius 1 is 1.09 bits per heavy atom. The molecule has 5 heterocycles. The van der Waals surface area contributed by atoms with Gasteiger partial charge in [-0.3, -0.25) is 4.90 Å². The van der Waals surface area contributed by atoms with Gasteiger partial charge in [0.15, 0.2) is 17.3 Å². The molecule has 182 valence electrons. The van der Waals surface area contributed by atoms with Crippen LogP contribution in [0.4, 0.5) is 20.4 Å². The van der Waals surface area contributed by atoms with Crippen LogP contribution in [0.1, 0.15) is 12.8 Å². The maximum atomic E-state index is 13.9. The number of piperazine rings is 1. The number of piperidine rings is 1. The lowest BCUT2D eigenvalue weighted by molar-refractivity contribution is 0.0718. The van der Waals surface area contributed by atoms with Crippen molar-refractivity contribution >= 4 is 17.4 Å². The molecule has 2 unspecified atom stereocenters. The largest absolute Gasteiger partial charge is 0.490 e. The van der Waals surface area contributed by atoms with Gasteiger partial charge >= 0.3 is 0 Å². The number of furan rings is 1. The fourth-order valence-corrected chi connectivity index (χ4v) is 4.95. The summed E-state index contributed by atoms with van der Waals surface area (Å²) in [5.74, 6) is 1.81. The van der Waals surface area contributed by atoms with E-state index in [1.807, 2.05) is 6.07 Å². The maximum Gasteiger partial charge on any atom is 0.256 e. The van der Waals surface area contributed by atoms with Gasteiger partial charge in [-0.25, -0.2) is 8.78 Å². The zero-order valence-electron chi connectivity index (χ0n) is 19.0. The highest BCUT2D eigenvalue weighted by Crippen LogP contribution is 2.29. The molecule has 2 N–H and O–H groups in total. The molecule has 0 amide bonds. The number of halogens is 2. The predicted molar refractivity (Wildman–Crippen MR) is 125 cm³/mol. The number of hydrogen-bond acceptors (Lipinski definition) is 8. The minimum absolute atomic E-state index is 0.0982. The van der Waals surface area contributed by atoms with Crippen LogP contribution in [0.25, 0.3) is 17.4 Å². The molecule has 2 fully saturated rings. The highest BCUT2D eigenvalue weighted by Gasteiger charge is 2.34. The second-order valence-corrected chi connectivity index (χ2v) is 9.09. The number of fused-ring (bicyclic) bond motifs is 2. The van der Waals surface area contributed by atoms with Crippen LogP contribution in [0.15, 0.2) is 47.1 Å². The quantitative estimate of drug-likeness (QED) is 0.464. The van der Waals surface area contributed by atoms with Crippen molar-refractivity contribution in [2.75, 3.05) is 43.4 Å². The SMILES string of the molecule is Nc1cc(N2CCN3CC(COc4ccc(F)cc4F)CCC3C2)nc2nc(-c3ccco3)nn12. The Labute approximate surface area is 200 Å². The summed E-state index contributed by atoms with van der Waals surface area (Å²) in [6.07, 6.45) is 3.55. The predicted octanol–water partition coefficient (Wildman–Crippen LogP) is 3.22. The molecular weight excluding hydrogens is 456 g/mol. The van der Waals surface area contributed by atoms with E-state index < -0.39 is 11.6 Å². The lowest BCUT2D eigenvalue weighted by Crippen LogP contribution is -2.57. The van der Waals surface area contributed by atoms with Crippen LogP contribution in [0.3, 0.4) is 0 Å². The molecule has 1 aromatic carbocycles. The lowest BCUT2D eigenvalue weighted by atomic mass is 9.91. The van der Waals surface area contributed by atoms with Crippen molar-refractivity contribution < 1.29 is 17.9 Å². The molecule has 0 saturated carbocycles. The van der Waals surface area contributed by atoms with E-state index in [0.29, 0.717) is 41.7 Å². The zero-order valence-corrected chi connectivity index (χ0v) is 19.0. The van der Waals surface area contributed by atoms with Crippen LogP contribution in [0, 0.1) is 17.6 Å². The van der Waals surface area contributed by atoms with Crippen molar-refractivity contribution in [3.8, 4) is 17.3 Å². The highest BCUT2D eigenvalue weighted by molar-refractivity contribution is 5.57. The van der Waals surface area contributed by atoms with E-state index in [-0.39, 0.29) is 5.75 Å². The van der Waals surface area contributed by atoms with Gasteiger partial charge in [-0.2, -0.15) is 14.5 Å². The first-order valence-electron chi connectivity index (χ1n) is 11.7. The highest BCUT2D eigenvalue weighted by atomic mass is 19.1. The second-order valence-electron chi connectivity index (χ2n) is 9.09. The van der Waals surface area contributed by atoms with Crippen molar-refractivity contribution in [3.05, 3.63) is 54.3 Å². The molecule has 9 nitrogen and oxygen atoms in total. The van der Waals surface area contributed by atoms with Crippen LogP contribution in [0.5, 0.6) is 5.75 Å². The number of nitrogens with zero attached hydrogens (tertiary/aromatic N) is 6. The van der Waals surface area contributed by atoms with E-state index in [9.17, 15) is 8.78 Å². The van der Waals surface area contributed by atoms with Gasteiger partial charge in [0.2, 0.25) is 5.82 Å². The molecule has 0 aliphatic carbocycles. The normalized spacial score (nSPS) is 20.8. The summed E-state index contributed by atoms with van der Waals surface area (Å²) >= 11 is 0. The van der Waals surface area contributed by atoms with Crippen LogP contribution in [-0.2, 0) is 0 Å². The summed E-state index contributed by atoms with van der Waals surface area (Å²) in [5, 5.41) is 4.41. The minimum Gasteiger partial charge on any atom is -0.490 e. The number of nitrogen functional groups attached to an aromatic ring is 1. The topological polar surface area (TPSA) is 98.0 Å². The average molecular weight is 482 g/mol. The molecule has 11 heteroatoms. The van der Waals surface area contributed by atoms with Crippen LogP contribution in [0.2, 0.25) is 0 Å².